The van der Waals surface area contributed by atoms with Crippen molar-refractivity contribution in [2.45, 2.75) is 24.9 Å². The molecule has 0 bridgehead atoms. The fraction of sp³-hybridized carbons (Fsp3) is 0.333. The number of methoxy groups -OCH3 is 2. The molecule has 1 fully saturated rings. The van der Waals surface area contributed by atoms with E-state index in [1.54, 1.807) is 25.6 Å². The molecule has 1 aromatic heterocycles. The smallest absolute Gasteiger partial charge is 0.320 e. The summed E-state index contributed by atoms with van der Waals surface area (Å²) in [6, 6.07) is 13.0. The summed E-state index contributed by atoms with van der Waals surface area (Å²) in [5, 5.41) is 10.6. The normalized spacial score (nSPS) is 18.3. The number of thiazole rings is 1. The van der Waals surface area contributed by atoms with E-state index in [2.05, 4.69) is 0 Å². The van der Waals surface area contributed by atoms with Crippen LogP contribution in [-0.4, -0.2) is 47.8 Å². The van der Waals surface area contributed by atoms with E-state index in [0.717, 1.165) is 27.2 Å². The molecule has 2 atom stereocenters. The number of para-hydroxylation sites is 1. The molecule has 0 spiro atoms. The van der Waals surface area contributed by atoms with Crippen LogP contribution in [0.25, 0.3) is 10.2 Å². The van der Waals surface area contributed by atoms with Crippen molar-refractivity contribution in [3.05, 3.63) is 53.0 Å². The molecule has 0 aliphatic carbocycles. The van der Waals surface area contributed by atoms with Gasteiger partial charge in [-0.2, -0.15) is 0 Å². The lowest BCUT2D eigenvalue weighted by Crippen LogP contribution is -2.39. The van der Waals surface area contributed by atoms with E-state index in [1.165, 1.54) is 0 Å². The van der Waals surface area contributed by atoms with Gasteiger partial charge in [0.2, 0.25) is 0 Å². The van der Waals surface area contributed by atoms with Crippen LogP contribution in [-0.2, 0) is 4.79 Å². The minimum absolute atomic E-state index is 0.249. The Hall–Kier alpha value is -2.64. The fourth-order valence-electron chi connectivity index (χ4n) is 3.87. The highest BCUT2D eigenvalue weighted by Crippen LogP contribution is 2.40. The van der Waals surface area contributed by atoms with Gasteiger partial charge in [0.05, 0.1) is 30.5 Å². The maximum absolute atomic E-state index is 11.9. The Kier molecular flexibility index (Phi) is 5.19. The largest absolute Gasteiger partial charge is 0.493 e. The molecule has 1 aliphatic rings. The zero-order chi connectivity index (χ0) is 19.7. The lowest BCUT2D eigenvalue weighted by molar-refractivity contribution is -0.142. The zero-order valence-corrected chi connectivity index (χ0v) is 16.6. The maximum atomic E-state index is 11.9. The number of carboxylic acids is 1. The van der Waals surface area contributed by atoms with Gasteiger partial charge in [-0.3, -0.25) is 9.69 Å². The van der Waals surface area contributed by atoms with Crippen molar-refractivity contribution in [1.29, 1.82) is 0 Å². The van der Waals surface area contributed by atoms with Gasteiger partial charge >= 0.3 is 5.97 Å². The molecule has 2 aromatic carbocycles. The molecule has 0 amide bonds. The van der Waals surface area contributed by atoms with Gasteiger partial charge in [0.15, 0.2) is 11.5 Å². The molecule has 0 radical (unpaired) electrons. The Morgan fingerprint density at radius 3 is 2.71 bits per heavy atom. The number of hydrogen-bond donors (Lipinski definition) is 1. The van der Waals surface area contributed by atoms with Gasteiger partial charge in [0.1, 0.15) is 11.0 Å². The first kappa shape index (κ1) is 18.7. The third-order valence-corrected chi connectivity index (χ3v) is 6.27. The van der Waals surface area contributed by atoms with E-state index in [4.69, 9.17) is 14.5 Å². The van der Waals surface area contributed by atoms with E-state index >= 15 is 0 Å². The first-order valence-corrected chi connectivity index (χ1v) is 10.00. The van der Waals surface area contributed by atoms with Crippen LogP contribution in [0.1, 0.15) is 29.5 Å². The van der Waals surface area contributed by atoms with Crippen molar-refractivity contribution >= 4 is 27.5 Å². The van der Waals surface area contributed by atoms with Crippen LogP contribution in [0.15, 0.2) is 42.5 Å². The molecule has 3 aromatic rings. The molecular formula is C21H22N2O4S. The molecule has 2 heterocycles. The molecular weight excluding hydrogens is 376 g/mol. The highest BCUT2D eigenvalue weighted by Gasteiger charge is 2.38. The number of aliphatic carboxylic acids is 1. The van der Waals surface area contributed by atoms with Gasteiger partial charge in [-0.15, -0.1) is 11.3 Å². The minimum atomic E-state index is -0.788. The van der Waals surface area contributed by atoms with Crippen LogP contribution in [0, 0.1) is 0 Å². The van der Waals surface area contributed by atoms with Gasteiger partial charge in [-0.05, 0) is 42.7 Å². The molecule has 1 N–H and O–H groups in total. The standard InChI is InChI=1S/C21H22N2O4S/c1-26-16-10-9-13(12-17(16)27-2)19(23-11-5-7-15(23)21(24)25)20-22-14-6-3-4-8-18(14)28-20/h3-4,6,8-10,12,15,19H,5,7,11H2,1-2H3,(H,24,25). The number of nitrogens with zero attached hydrogens (tertiary/aromatic N) is 2. The fourth-order valence-corrected chi connectivity index (χ4v) is 4.99. The second kappa shape index (κ2) is 7.77. The Morgan fingerprint density at radius 2 is 2.00 bits per heavy atom. The van der Waals surface area contributed by atoms with Crippen LogP contribution in [0.2, 0.25) is 0 Å². The van der Waals surface area contributed by atoms with Crippen molar-refractivity contribution in [2.75, 3.05) is 20.8 Å². The Morgan fingerprint density at radius 1 is 1.21 bits per heavy atom. The highest BCUT2D eigenvalue weighted by molar-refractivity contribution is 7.18. The number of benzene rings is 2. The van der Waals surface area contributed by atoms with Crippen LogP contribution >= 0.6 is 11.3 Å². The lowest BCUT2D eigenvalue weighted by atomic mass is 10.0. The highest BCUT2D eigenvalue weighted by atomic mass is 32.1. The van der Waals surface area contributed by atoms with Crippen molar-refractivity contribution in [3.8, 4) is 11.5 Å². The summed E-state index contributed by atoms with van der Waals surface area (Å²) in [7, 11) is 3.20. The maximum Gasteiger partial charge on any atom is 0.320 e. The molecule has 1 aliphatic heterocycles. The molecule has 6 nitrogen and oxygen atoms in total. The number of hydrogen-bond acceptors (Lipinski definition) is 6. The monoisotopic (exact) mass is 398 g/mol. The summed E-state index contributed by atoms with van der Waals surface area (Å²) in [5.74, 6) is 0.478. The van der Waals surface area contributed by atoms with Gasteiger partial charge in [0, 0.05) is 6.54 Å². The van der Waals surface area contributed by atoms with Crippen LogP contribution in [0.4, 0.5) is 0 Å². The summed E-state index contributed by atoms with van der Waals surface area (Å²) in [6.07, 6.45) is 1.50. The topological polar surface area (TPSA) is 71.9 Å². The number of aromatic nitrogens is 1. The van der Waals surface area contributed by atoms with Gasteiger partial charge in [-0.25, -0.2) is 4.98 Å². The minimum Gasteiger partial charge on any atom is -0.493 e. The van der Waals surface area contributed by atoms with E-state index < -0.39 is 12.0 Å². The number of fused-ring (bicyclic) bond motifs is 1. The quantitative estimate of drug-likeness (QED) is 0.678. The number of likely N-dealkylation sites (tertiary alicyclic amines) is 1. The van der Waals surface area contributed by atoms with Gasteiger partial charge in [-0.1, -0.05) is 18.2 Å². The Bertz CT molecular complexity index is 970. The number of rotatable bonds is 6. The molecule has 0 saturated carbocycles. The van der Waals surface area contributed by atoms with E-state index in [0.29, 0.717) is 24.5 Å². The van der Waals surface area contributed by atoms with E-state index in [-0.39, 0.29) is 6.04 Å². The van der Waals surface area contributed by atoms with E-state index in [9.17, 15) is 9.90 Å². The van der Waals surface area contributed by atoms with Crippen LogP contribution < -0.4 is 9.47 Å². The molecule has 7 heteroatoms. The van der Waals surface area contributed by atoms with Crippen molar-refractivity contribution < 1.29 is 19.4 Å². The van der Waals surface area contributed by atoms with Crippen molar-refractivity contribution in [3.63, 3.8) is 0 Å². The number of carbonyl (C=O) groups is 1. The summed E-state index contributed by atoms with van der Waals surface area (Å²) in [5.41, 5.74) is 1.88. The molecule has 1 saturated heterocycles. The summed E-state index contributed by atoms with van der Waals surface area (Å²) in [6.45, 7) is 0.714. The van der Waals surface area contributed by atoms with E-state index in [1.807, 2.05) is 47.4 Å². The molecule has 28 heavy (non-hydrogen) atoms. The third kappa shape index (κ3) is 3.31. The second-order valence-corrected chi connectivity index (χ2v) is 7.83. The third-order valence-electron chi connectivity index (χ3n) is 5.18. The van der Waals surface area contributed by atoms with Crippen LogP contribution in [0.3, 0.4) is 0 Å². The summed E-state index contributed by atoms with van der Waals surface area (Å²) < 4.78 is 11.9. The molecule has 4 rings (SSSR count). The second-order valence-electron chi connectivity index (χ2n) is 6.77. The summed E-state index contributed by atoms with van der Waals surface area (Å²) >= 11 is 1.61. The first-order valence-electron chi connectivity index (χ1n) is 9.18. The SMILES string of the molecule is COc1ccc(C(c2nc3ccccc3s2)N2CCCC2C(=O)O)cc1OC. The predicted octanol–water partition coefficient (Wildman–Crippen LogP) is 3.95. The average Bonchev–Trinajstić information content (AvgIpc) is 3.35. The molecule has 2 unspecified atom stereocenters. The lowest BCUT2D eigenvalue weighted by Gasteiger charge is -2.30. The predicted molar refractivity (Wildman–Crippen MR) is 108 cm³/mol. The Labute approximate surface area is 167 Å². The first-order chi connectivity index (χ1) is 13.6. The number of ether oxygens (including phenoxy) is 2. The van der Waals surface area contributed by atoms with Crippen molar-refractivity contribution in [2.24, 2.45) is 0 Å². The van der Waals surface area contributed by atoms with Gasteiger partial charge < -0.3 is 14.6 Å². The summed E-state index contributed by atoms with van der Waals surface area (Å²) in [4.78, 5) is 18.8. The molecule has 146 valence electrons. The van der Waals surface area contributed by atoms with Crippen molar-refractivity contribution in [1.82, 2.24) is 9.88 Å². The van der Waals surface area contributed by atoms with Gasteiger partial charge in [0.25, 0.3) is 0 Å². The van der Waals surface area contributed by atoms with Crippen LogP contribution in [0.5, 0.6) is 11.5 Å². The number of carboxylic acid groups (broad SMARTS) is 1. The Balaban J connectivity index is 1.85. The zero-order valence-electron chi connectivity index (χ0n) is 15.8. The average molecular weight is 398 g/mol.